The zero-order chi connectivity index (χ0) is 47.7. The molecule has 9 rings (SSSR count). The summed E-state index contributed by atoms with van der Waals surface area (Å²) in [5.41, 5.74) is 8.46. The summed E-state index contributed by atoms with van der Waals surface area (Å²) in [5, 5.41) is 34.8. The number of aromatic nitrogens is 2. The third-order valence-corrected chi connectivity index (χ3v) is 13.6. The summed E-state index contributed by atoms with van der Waals surface area (Å²) < 4.78 is 11.2. The van der Waals surface area contributed by atoms with Crippen molar-refractivity contribution in [1.29, 1.82) is 0 Å². The van der Waals surface area contributed by atoms with Crippen LogP contribution in [0.15, 0.2) is 164 Å². The van der Waals surface area contributed by atoms with E-state index in [4.69, 9.17) is 4.74 Å². The molecule has 0 spiro atoms. The van der Waals surface area contributed by atoms with Gasteiger partial charge in [0.1, 0.15) is 35.7 Å². The van der Waals surface area contributed by atoms with E-state index in [2.05, 4.69) is 139 Å². The first-order valence-electron chi connectivity index (χ1n) is 21.4. The molecule has 351 valence electrons. The summed E-state index contributed by atoms with van der Waals surface area (Å²) in [6, 6.07) is 28.4. The molecule has 0 bridgehead atoms. The predicted octanol–water partition coefficient (Wildman–Crippen LogP) is 9.80. The monoisotopic (exact) mass is 1050 g/mol. The first-order chi connectivity index (χ1) is 32.3. The fraction of sp³-hybridized carbons (Fsp3) is 0.196. The number of anilines is 1. The molecule has 68 heavy (non-hydrogen) atoms. The van der Waals surface area contributed by atoms with Gasteiger partial charge in [0.25, 0.3) is 0 Å². The van der Waals surface area contributed by atoms with Gasteiger partial charge >= 0.3 is 0 Å². The number of allylic oxidation sites excluding steroid dienone is 7. The first-order valence-corrected chi connectivity index (χ1v) is 23.8. The van der Waals surface area contributed by atoms with Gasteiger partial charge in [0.05, 0.1) is 12.5 Å². The van der Waals surface area contributed by atoms with E-state index in [9.17, 15) is 19.8 Å². The average Bonchev–Trinajstić information content (AvgIpc) is 4.01. The van der Waals surface area contributed by atoms with Crippen molar-refractivity contribution in [2.75, 3.05) is 32.1 Å². The van der Waals surface area contributed by atoms with Gasteiger partial charge in [-0.15, -0.1) is 22.7 Å². The van der Waals surface area contributed by atoms with Crippen molar-refractivity contribution in [3.63, 3.8) is 0 Å². The molecule has 1 radical (unpaired) electrons. The number of ether oxygens (including phenoxy) is 1. The second kappa shape index (κ2) is 23.0. The van der Waals surface area contributed by atoms with E-state index < -0.39 is 0 Å². The van der Waals surface area contributed by atoms with Gasteiger partial charge in [-0.3, -0.25) is 19.8 Å². The second-order valence-corrected chi connectivity index (χ2v) is 18.3. The molecule has 0 saturated heterocycles. The Kier molecular flexibility index (Phi) is 17.2. The van der Waals surface area contributed by atoms with E-state index in [-0.39, 0.29) is 56.7 Å². The van der Waals surface area contributed by atoms with E-state index in [1.165, 1.54) is 69.6 Å². The van der Waals surface area contributed by atoms with Crippen molar-refractivity contribution in [3.8, 4) is 5.75 Å². The number of carbonyl (C=O) groups is 2. The van der Waals surface area contributed by atoms with Crippen LogP contribution >= 0.6 is 38.6 Å². The van der Waals surface area contributed by atoms with Crippen LogP contribution in [0.4, 0.5) is 11.4 Å². The van der Waals surface area contributed by atoms with E-state index >= 15 is 0 Å². The summed E-state index contributed by atoms with van der Waals surface area (Å²) in [6.07, 6.45) is 13.2. The number of hydrogen-bond acceptors (Lipinski definition) is 12. The second-order valence-electron chi connectivity index (χ2n) is 15.4. The largest absolute Gasteiger partial charge is 0.506 e. The van der Waals surface area contributed by atoms with Crippen LogP contribution in [-0.2, 0) is 31.8 Å². The van der Waals surface area contributed by atoms with Gasteiger partial charge in [-0.05, 0) is 105 Å². The Balaban J connectivity index is 0.000000172. The molecule has 0 amide bonds. The number of aliphatic hydroxyl groups is 2. The number of ketones is 2. The molecule has 17 heteroatoms. The number of fused-ring (bicyclic) bond motifs is 3. The molecule has 1 atom stereocenters. The number of hydrogen-bond donors (Lipinski definition) is 2. The van der Waals surface area contributed by atoms with Crippen molar-refractivity contribution in [1.82, 2.24) is 9.97 Å². The number of rotatable bonds is 9. The number of nitrogens with zero attached hydrogens (tertiary/aromatic N) is 8. The summed E-state index contributed by atoms with van der Waals surface area (Å²) in [5.74, 6) is 0.00737. The molecule has 4 aromatic carbocycles. The molecule has 13 nitrogen and oxygen atoms in total. The van der Waals surface area contributed by atoms with Gasteiger partial charge in [-0.2, -0.15) is 4.58 Å². The minimum absolute atomic E-state index is 0. The fourth-order valence-corrected chi connectivity index (χ4v) is 9.45. The molecule has 1 aliphatic heterocycles. The standard InChI is InChI=1S/C25H32BrN2O.2C13H9N3O2S.Co/c1-7-25(4)21-16-19(26)12-14-22(21)27(5)24(25)15-11-18-10-13-20(17-23(18)29-6)28(8-2)9-3;2*17-8-5-6-9(11(18)7-8)15-16-13-14-10-3-1-2-4-12(10)19-13;/h10-17H,7-9H2,1-6H3;2*1-7H,(H2,14,16,17,18);/q+1;;;/p-2. The average molecular weight is 1060 g/mol. The van der Waals surface area contributed by atoms with Crippen LogP contribution in [-0.4, -0.2) is 70.7 Å². The Morgan fingerprint density at radius 3 is 1.78 bits per heavy atom. The van der Waals surface area contributed by atoms with Crippen LogP contribution < -0.4 is 29.2 Å². The Bertz CT molecular complexity index is 3060. The topological polar surface area (TPSA) is 168 Å². The number of aliphatic hydroxyl groups excluding tert-OH is 2. The Morgan fingerprint density at radius 2 is 1.29 bits per heavy atom. The van der Waals surface area contributed by atoms with E-state index in [1.54, 1.807) is 7.11 Å². The van der Waals surface area contributed by atoms with Crippen LogP contribution in [0.25, 0.3) is 26.5 Å². The van der Waals surface area contributed by atoms with Crippen molar-refractivity contribution < 1.29 is 45.9 Å². The summed E-state index contributed by atoms with van der Waals surface area (Å²) in [7, 11) is 3.91. The minimum Gasteiger partial charge on any atom is -0.506 e. The van der Waals surface area contributed by atoms with Gasteiger partial charge in [-0.1, -0.05) is 59.3 Å². The number of thiazole rings is 2. The number of carbonyl (C=O) groups excluding carboxylic acids is 2. The smallest absolute Gasteiger partial charge is 0.209 e. The molecule has 2 N–H and O–H groups in total. The summed E-state index contributed by atoms with van der Waals surface area (Å²) >= 11 is 6.47. The number of benzene rings is 4. The SMILES string of the molecule is CCN(CC)c1ccc(/C=C/C2=[N+](C)c3ccc(Br)cc3C2(C)CC)c(OC)c1.O=C1C=CC(=NN=c2[n-]c3ccccc3s2)C(O)=C1.O=C1C=CC(=NN=c2[n-]c3ccccc3s2)C(O)=C1.[Co]. The zero-order valence-corrected chi connectivity index (χ0v) is 42.3. The predicted molar refractivity (Wildman–Crippen MR) is 274 cm³/mol. The quantitative estimate of drug-likeness (QED) is 0.0820. The van der Waals surface area contributed by atoms with Gasteiger partial charge in [0, 0.05) is 101 Å². The van der Waals surface area contributed by atoms with Crippen molar-refractivity contribution >= 4 is 105 Å². The van der Waals surface area contributed by atoms with E-state index in [1.807, 2.05) is 48.5 Å². The van der Waals surface area contributed by atoms with Crippen LogP contribution in [0.5, 0.6) is 5.75 Å². The molecular formula is C51H48BrCoN8O5S2-. The van der Waals surface area contributed by atoms with Gasteiger partial charge in [0.2, 0.25) is 5.69 Å². The number of methoxy groups -OCH3 is 1. The Hall–Kier alpha value is -6.50. The van der Waals surface area contributed by atoms with Crippen LogP contribution in [0.2, 0.25) is 0 Å². The molecule has 0 saturated carbocycles. The van der Waals surface area contributed by atoms with Crippen molar-refractivity contribution in [2.45, 2.75) is 39.5 Å². The number of para-hydroxylation sites is 2. The van der Waals surface area contributed by atoms with Crippen LogP contribution in [0.3, 0.4) is 0 Å². The van der Waals surface area contributed by atoms with E-state index in [0.29, 0.717) is 9.60 Å². The molecule has 3 aliphatic rings. The zero-order valence-electron chi connectivity index (χ0n) is 38.0. The maximum Gasteiger partial charge on any atom is 0.209 e. The molecular weight excluding hydrogens is 1010 g/mol. The maximum absolute atomic E-state index is 11.0. The molecule has 3 heterocycles. The van der Waals surface area contributed by atoms with Gasteiger partial charge in [-0.25, -0.2) is 0 Å². The summed E-state index contributed by atoms with van der Waals surface area (Å²) in [4.78, 5) is 33.9. The molecule has 1 unspecified atom stereocenters. The van der Waals surface area contributed by atoms with Crippen LogP contribution in [0.1, 0.15) is 45.2 Å². The van der Waals surface area contributed by atoms with Crippen molar-refractivity contribution in [3.05, 3.63) is 164 Å². The van der Waals surface area contributed by atoms with Crippen LogP contribution in [0, 0.1) is 0 Å². The normalized spacial score (nSPS) is 18.1. The Labute approximate surface area is 420 Å². The molecule has 0 fully saturated rings. The van der Waals surface area contributed by atoms with Gasteiger partial charge in [0.15, 0.2) is 17.3 Å². The van der Waals surface area contributed by atoms with Crippen molar-refractivity contribution in [2.24, 2.45) is 20.4 Å². The molecule has 2 aliphatic carbocycles. The Morgan fingerprint density at radius 1 is 0.750 bits per heavy atom. The third-order valence-electron chi connectivity index (χ3n) is 11.3. The van der Waals surface area contributed by atoms with E-state index in [0.717, 1.165) is 67.9 Å². The molecule has 2 aromatic heterocycles. The first kappa shape index (κ1) is 50.9. The number of halogens is 1. The maximum atomic E-state index is 11.0. The minimum atomic E-state index is -0.267. The molecule has 6 aromatic rings. The fourth-order valence-electron chi connectivity index (χ4n) is 7.51. The van der Waals surface area contributed by atoms with Gasteiger partial charge < -0.3 is 40.0 Å². The summed E-state index contributed by atoms with van der Waals surface area (Å²) in [6.45, 7) is 10.9. The third kappa shape index (κ3) is 11.8.